The fourth-order valence-corrected chi connectivity index (χ4v) is 2.42. The topological polar surface area (TPSA) is 20.9 Å². The van der Waals surface area contributed by atoms with Crippen molar-refractivity contribution >= 4 is 5.78 Å². The molecule has 0 aliphatic rings. The van der Waals surface area contributed by atoms with E-state index in [2.05, 4.69) is 39.8 Å². The maximum absolute atomic E-state index is 12.5. The van der Waals surface area contributed by atoms with Crippen LogP contribution in [0.5, 0.6) is 0 Å². The van der Waals surface area contributed by atoms with Gasteiger partial charge in [0.2, 0.25) is 12.3 Å². The number of Topliss-reactive ketones (excluding diaryl/α,β-unsaturated/α-hetero) is 1. The van der Waals surface area contributed by atoms with Gasteiger partial charge in [-0.05, 0) is 56.5 Å². The minimum absolute atomic E-state index is 0.171. The Bertz CT molecular complexity index is 671. The maximum Gasteiger partial charge on any atom is 0.227 e. The Labute approximate surface area is 121 Å². The molecule has 0 fully saturated rings. The molecule has 2 heteroatoms. The number of aryl methyl sites for hydroxylation is 4. The van der Waals surface area contributed by atoms with Gasteiger partial charge >= 0.3 is 0 Å². The first kappa shape index (κ1) is 14.4. The van der Waals surface area contributed by atoms with Gasteiger partial charge in [-0.3, -0.25) is 4.79 Å². The predicted octanol–water partition coefficient (Wildman–Crippen LogP) is 3.40. The van der Waals surface area contributed by atoms with Gasteiger partial charge in [0.05, 0.1) is 0 Å². The van der Waals surface area contributed by atoms with E-state index in [1.807, 2.05) is 29.8 Å². The van der Waals surface area contributed by atoms with Gasteiger partial charge in [0.15, 0.2) is 11.9 Å². The zero-order valence-electron chi connectivity index (χ0n) is 12.9. The number of ketones is 1. The van der Waals surface area contributed by atoms with Gasteiger partial charge in [0, 0.05) is 24.1 Å². The summed E-state index contributed by atoms with van der Waals surface area (Å²) in [6.45, 7) is 10.7. The van der Waals surface area contributed by atoms with E-state index < -0.39 is 0 Å². The second kappa shape index (κ2) is 5.58. The van der Waals surface area contributed by atoms with E-state index in [0.29, 0.717) is 6.54 Å². The van der Waals surface area contributed by atoms with Crippen LogP contribution in [0.4, 0.5) is 0 Å². The van der Waals surface area contributed by atoms with Crippen molar-refractivity contribution in [1.82, 2.24) is 0 Å². The van der Waals surface area contributed by atoms with Gasteiger partial charge < -0.3 is 0 Å². The highest BCUT2D eigenvalue weighted by molar-refractivity contribution is 5.96. The first-order chi connectivity index (χ1) is 9.40. The fraction of sp³-hybridized carbons (Fsp3) is 0.333. The second-order valence-electron chi connectivity index (χ2n) is 5.58. The molecule has 20 heavy (non-hydrogen) atoms. The van der Waals surface area contributed by atoms with Gasteiger partial charge in [-0.25, -0.2) is 0 Å². The first-order valence-corrected chi connectivity index (χ1v) is 6.97. The molecule has 0 atom stereocenters. The number of aromatic nitrogens is 1. The third-order valence-electron chi connectivity index (χ3n) is 4.07. The molecule has 0 amide bonds. The van der Waals surface area contributed by atoms with Crippen molar-refractivity contribution in [3.8, 4) is 0 Å². The van der Waals surface area contributed by atoms with Crippen molar-refractivity contribution in [1.29, 1.82) is 0 Å². The van der Waals surface area contributed by atoms with Crippen LogP contribution in [0, 0.1) is 34.6 Å². The van der Waals surface area contributed by atoms with E-state index in [4.69, 9.17) is 0 Å². The summed E-state index contributed by atoms with van der Waals surface area (Å²) < 4.78 is 2.02. The first-order valence-electron chi connectivity index (χ1n) is 6.97. The summed E-state index contributed by atoms with van der Waals surface area (Å²) in [6, 6.07) is 8.16. The van der Waals surface area contributed by atoms with Crippen molar-refractivity contribution in [2.75, 3.05) is 0 Å². The summed E-state index contributed by atoms with van der Waals surface area (Å²) in [4.78, 5) is 12.5. The van der Waals surface area contributed by atoms with E-state index in [-0.39, 0.29) is 5.78 Å². The van der Waals surface area contributed by atoms with Gasteiger partial charge in [0.1, 0.15) is 0 Å². The Hall–Kier alpha value is -1.96. The lowest BCUT2D eigenvalue weighted by atomic mass is 9.98. The highest BCUT2D eigenvalue weighted by Gasteiger charge is 2.17. The van der Waals surface area contributed by atoms with E-state index in [9.17, 15) is 4.79 Å². The average Bonchev–Trinajstić information content (AvgIpc) is 2.39. The molecular weight excluding hydrogens is 246 g/mol. The summed E-state index contributed by atoms with van der Waals surface area (Å²) in [7, 11) is 0. The van der Waals surface area contributed by atoms with E-state index in [0.717, 1.165) is 16.8 Å². The van der Waals surface area contributed by atoms with Crippen molar-refractivity contribution in [2.45, 2.75) is 41.2 Å². The quantitative estimate of drug-likeness (QED) is 0.617. The molecular formula is C18H22NO+. The number of hydrogen-bond donors (Lipinski definition) is 0. The van der Waals surface area contributed by atoms with Crippen LogP contribution in [0.25, 0.3) is 0 Å². The monoisotopic (exact) mass is 268 g/mol. The van der Waals surface area contributed by atoms with E-state index in [1.165, 1.54) is 16.7 Å². The molecule has 2 aromatic rings. The normalized spacial score (nSPS) is 10.7. The standard InChI is InChI=1S/C18H22NO/c1-12-7-6-8-19(16(12)5)11-18(20)17-10-14(3)13(2)9-15(17)4/h6-10H,11H2,1-5H3/q+1. The van der Waals surface area contributed by atoms with E-state index >= 15 is 0 Å². The smallest absolute Gasteiger partial charge is 0.227 e. The van der Waals surface area contributed by atoms with Crippen molar-refractivity contribution in [3.63, 3.8) is 0 Å². The molecule has 0 radical (unpaired) electrons. The van der Waals surface area contributed by atoms with Crippen molar-refractivity contribution in [3.05, 3.63) is 64.0 Å². The molecule has 104 valence electrons. The SMILES string of the molecule is Cc1cc(C)c(C(=O)C[n+]2cccc(C)c2C)cc1C. The van der Waals surface area contributed by atoms with Crippen molar-refractivity contribution < 1.29 is 9.36 Å². The second-order valence-corrected chi connectivity index (χ2v) is 5.58. The molecule has 0 N–H and O–H groups in total. The fourth-order valence-electron chi connectivity index (χ4n) is 2.42. The minimum atomic E-state index is 0.171. The van der Waals surface area contributed by atoms with Gasteiger partial charge in [-0.2, -0.15) is 4.57 Å². The van der Waals surface area contributed by atoms with E-state index in [1.54, 1.807) is 0 Å². The Kier molecular flexibility index (Phi) is 4.03. The van der Waals surface area contributed by atoms with Crippen molar-refractivity contribution in [2.24, 2.45) is 0 Å². The summed E-state index contributed by atoms with van der Waals surface area (Å²) in [5, 5.41) is 0. The predicted molar refractivity (Wildman–Crippen MR) is 81.1 cm³/mol. The molecule has 2 nitrogen and oxygen atoms in total. The lowest BCUT2D eigenvalue weighted by Gasteiger charge is -2.08. The number of pyridine rings is 1. The molecule has 0 saturated carbocycles. The minimum Gasteiger partial charge on any atom is -0.287 e. The number of carbonyl (C=O) groups is 1. The number of rotatable bonds is 3. The van der Waals surface area contributed by atoms with Crippen LogP contribution in [0.1, 0.15) is 38.3 Å². The zero-order valence-corrected chi connectivity index (χ0v) is 12.9. The number of nitrogens with zero attached hydrogens (tertiary/aromatic N) is 1. The Morgan fingerprint density at radius 2 is 1.60 bits per heavy atom. The third kappa shape index (κ3) is 2.79. The lowest BCUT2D eigenvalue weighted by Crippen LogP contribution is -2.41. The zero-order chi connectivity index (χ0) is 14.9. The summed E-state index contributed by atoms with van der Waals surface area (Å²) >= 11 is 0. The third-order valence-corrected chi connectivity index (χ3v) is 4.07. The Balaban J connectivity index is 2.33. The molecule has 1 heterocycles. The Morgan fingerprint density at radius 1 is 0.950 bits per heavy atom. The highest BCUT2D eigenvalue weighted by Crippen LogP contribution is 2.16. The molecule has 0 spiro atoms. The average molecular weight is 268 g/mol. The van der Waals surface area contributed by atoms with Crippen LogP contribution < -0.4 is 4.57 Å². The summed E-state index contributed by atoms with van der Waals surface area (Å²) in [5.74, 6) is 0.171. The van der Waals surface area contributed by atoms with Gasteiger partial charge in [-0.15, -0.1) is 0 Å². The summed E-state index contributed by atoms with van der Waals surface area (Å²) in [6.07, 6.45) is 1.97. The molecule has 1 aromatic carbocycles. The molecule has 0 bridgehead atoms. The van der Waals surface area contributed by atoms with Crippen LogP contribution in [-0.2, 0) is 6.54 Å². The summed E-state index contributed by atoms with van der Waals surface area (Å²) in [5.41, 5.74) is 6.65. The highest BCUT2D eigenvalue weighted by atomic mass is 16.1. The van der Waals surface area contributed by atoms with Crippen LogP contribution in [0.3, 0.4) is 0 Å². The van der Waals surface area contributed by atoms with Crippen LogP contribution in [0.2, 0.25) is 0 Å². The van der Waals surface area contributed by atoms with Gasteiger partial charge in [0.25, 0.3) is 0 Å². The number of hydrogen-bond acceptors (Lipinski definition) is 1. The molecule has 1 aromatic heterocycles. The maximum atomic E-state index is 12.5. The Morgan fingerprint density at radius 3 is 2.30 bits per heavy atom. The molecule has 2 rings (SSSR count). The number of benzene rings is 1. The van der Waals surface area contributed by atoms with Crippen LogP contribution >= 0.6 is 0 Å². The molecule has 0 saturated heterocycles. The lowest BCUT2D eigenvalue weighted by molar-refractivity contribution is -0.689. The molecule has 0 unspecified atom stereocenters. The van der Waals surface area contributed by atoms with Crippen LogP contribution in [0.15, 0.2) is 30.5 Å². The number of carbonyl (C=O) groups excluding carboxylic acids is 1. The molecule has 0 aliphatic heterocycles. The molecule has 0 aliphatic carbocycles. The largest absolute Gasteiger partial charge is 0.287 e. The van der Waals surface area contributed by atoms with Gasteiger partial charge in [-0.1, -0.05) is 6.07 Å². The van der Waals surface area contributed by atoms with Crippen LogP contribution in [-0.4, -0.2) is 5.78 Å².